The van der Waals surface area contributed by atoms with Gasteiger partial charge in [0.05, 0.1) is 16.4 Å². The third-order valence-electron chi connectivity index (χ3n) is 4.38. The summed E-state index contributed by atoms with van der Waals surface area (Å²) in [6.45, 7) is 2.78. The molecule has 1 atom stereocenters. The summed E-state index contributed by atoms with van der Waals surface area (Å²) in [5, 5.41) is 14.1. The molecule has 0 aliphatic heterocycles. The highest BCUT2D eigenvalue weighted by Crippen LogP contribution is 2.34. The van der Waals surface area contributed by atoms with Gasteiger partial charge in [-0.15, -0.1) is 0 Å². The van der Waals surface area contributed by atoms with Gasteiger partial charge in [0.2, 0.25) is 0 Å². The van der Waals surface area contributed by atoms with E-state index in [0.29, 0.717) is 30.3 Å². The monoisotopic (exact) mass is 608 g/mol. The summed E-state index contributed by atoms with van der Waals surface area (Å²) >= 11 is 5.61. The van der Waals surface area contributed by atoms with Crippen LogP contribution in [-0.2, 0) is 11.4 Å². The normalized spacial score (nSPS) is 11.9. The van der Waals surface area contributed by atoms with Crippen molar-refractivity contribution in [1.29, 1.82) is 0 Å². The van der Waals surface area contributed by atoms with Crippen LogP contribution in [0.15, 0.2) is 76.3 Å². The van der Waals surface area contributed by atoms with Crippen LogP contribution in [0.2, 0.25) is 0 Å². The molecule has 2 N–H and O–H groups in total. The molecule has 32 heavy (non-hydrogen) atoms. The second-order valence-electron chi connectivity index (χ2n) is 6.73. The highest BCUT2D eigenvalue weighted by Gasteiger charge is 2.16. The molecule has 0 saturated heterocycles. The maximum atomic E-state index is 12.1. The summed E-state index contributed by atoms with van der Waals surface area (Å²) in [6.07, 6.45) is 0.209. The number of aliphatic hydroxyl groups is 1. The molecule has 166 valence electrons. The molecule has 0 saturated carbocycles. The number of benzene rings is 3. The summed E-state index contributed by atoms with van der Waals surface area (Å²) < 4.78 is 13.7. The predicted octanol–water partition coefficient (Wildman–Crippen LogP) is 5.22. The fraction of sp³-hybridized carbons (Fsp3) is 0.167. The number of ether oxygens (including phenoxy) is 2. The lowest BCUT2D eigenvalue weighted by Crippen LogP contribution is -2.25. The average molecular weight is 609 g/mol. The molecule has 3 aromatic carbocycles. The lowest BCUT2D eigenvalue weighted by atomic mass is 10.1. The third kappa shape index (κ3) is 6.78. The van der Waals surface area contributed by atoms with Crippen LogP contribution in [0, 0.1) is 3.57 Å². The molecule has 0 heterocycles. The maximum absolute atomic E-state index is 12.1. The minimum absolute atomic E-state index is 0.407. The van der Waals surface area contributed by atoms with Crippen LogP contribution < -0.4 is 14.9 Å². The van der Waals surface area contributed by atoms with Gasteiger partial charge in [-0.2, -0.15) is 5.10 Å². The van der Waals surface area contributed by atoms with Gasteiger partial charge in [0.1, 0.15) is 6.61 Å². The van der Waals surface area contributed by atoms with Crippen molar-refractivity contribution < 1.29 is 19.4 Å². The predicted molar refractivity (Wildman–Crippen MR) is 136 cm³/mol. The first-order valence-electron chi connectivity index (χ1n) is 9.87. The van der Waals surface area contributed by atoms with Crippen LogP contribution in [0.4, 0.5) is 0 Å². The van der Waals surface area contributed by atoms with E-state index < -0.39 is 12.0 Å². The minimum atomic E-state index is -1.29. The SMILES string of the molecule is CCOc1cc(/C=N\NC(=O)[C@@H](O)c2ccccc2)cc(I)c1OCc1ccc(Br)cc1. The number of rotatable bonds is 9. The van der Waals surface area contributed by atoms with Crippen molar-refractivity contribution in [2.45, 2.75) is 19.6 Å². The molecule has 0 aliphatic rings. The molecule has 1 amide bonds. The Balaban J connectivity index is 1.69. The van der Waals surface area contributed by atoms with Crippen molar-refractivity contribution in [3.63, 3.8) is 0 Å². The number of hydrogen-bond acceptors (Lipinski definition) is 5. The average Bonchev–Trinajstić information content (AvgIpc) is 2.80. The van der Waals surface area contributed by atoms with E-state index in [2.05, 4.69) is 49.0 Å². The molecule has 0 fully saturated rings. The first kappa shape index (κ1) is 24.2. The number of halogens is 2. The second-order valence-corrected chi connectivity index (χ2v) is 8.80. The van der Waals surface area contributed by atoms with Crippen LogP contribution in [0.1, 0.15) is 29.7 Å². The fourth-order valence-electron chi connectivity index (χ4n) is 2.82. The largest absolute Gasteiger partial charge is 0.490 e. The highest BCUT2D eigenvalue weighted by atomic mass is 127. The molecule has 6 nitrogen and oxygen atoms in total. The minimum Gasteiger partial charge on any atom is -0.490 e. The topological polar surface area (TPSA) is 80.2 Å². The lowest BCUT2D eigenvalue weighted by Gasteiger charge is -2.15. The molecule has 3 rings (SSSR count). The number of carbonyl (C=O) groups excluding carboxylic acids is 1. The van der Waals surface area contributed by atoms with Gasteiger partial charge in [0, 0.05) is 4.47 Å². The summed E-state index contributed by atoms with van der Waals surface area (Å²) in [5.41, 5.74) is 4.63. The van der Waals surface area contributed by atoms with E-state index in [9.17, 15) is 9.90 Å². The van der Waals surface area contributed by atoms with Gasteiger partial charge < -0.3 is 14.6 Å². The van der Waals surface area contributed by atoms with E-state index in [4.69, 9.17) is 9.47 Å². The van der Waals surface area contributed by atoms with Gasteiger partial charge in [-0.05, 0) is 70.5 Å². The Hall–Kier alpha value is -2.43. The third-order valence-corrected chi connectivity index (χ3v) is 5.71. The molecule has 0 aromatic heterocycles. The van der Waals surface area contributed by atoms with E-state index >= 15 is 0 Å². The van der Waals surface area contributed by atoms with E-state index in [1.54, 1.807) is 30.3 Å². The summed E-state index contributed by atoms with van der Waals surface area (Å²) in [4.78, 5) is 12.1. The first-order chi connectivity index (χ1) is 15.5. The van der Waals surface area contributed by atoms with Gasteiger partial charge in [-0.25, -0.2) is 5.43 Å². The molecule has 0 radical (unpaired) electrons. The molecular weight excluding hydrogens is 587 g/mol. The molecule has 0 spiro atoms. The number of nitrogens with one attached hydrogen (secondary N) is 1. The Morgan fingerprint density at radius 1 is 1.16 bits per heavy atom. The quantitative estimate of drug-likeness (QED) is 0.198. The number of hydrogen-bond donors (Lipinski definition) is 2. The van der Waals surface area contributed by atoms with Gasteiger partial charge in [-0.3, -0.25) is 4.79 Å². The Morgan fingerprint density at radius 2 is 1.88 bits per heavy atom. The van der Waals surface area contributed by atoms with Gasteiger partial charge >= 0.3 is 0 Å². The number of hydrazone groups is 1. The number of nitrogens with zero attached hydrogens (tertiary/aromatic N) is 1. The molecule has 0 unspecified atom stereocenters. The number of aliphatic hydroxyl groups excluding tert-OH is 1. The first-order valence-corrected chi connectivity index (χ1v) is 11.7. The van der Waals surface area contributed by atoms with Crippen molar-refractivity contribution in [2.75, 3.05) is 6.61 Å². The zero-order chi connectivity index (χ0) is 22.9. The fourth-order valence-corrected chi connectivity index (χ4v) is 3.87. The molecular formula is C24H22BrIN2O4. The van der Waals surface area contributed by atoms with E-state index in [1.807, 2.05) is 43.3 Å². The lowest BCUT2D eigenvalue weighted by molar-refractivity contribution is -0.129. The van der Waals surface area contributed by atoms with Gasteiger partial charge in [-0.1, -0.05) is 58.4 Å². The number of amides is 1. The summed E-state index contributed by atoms with van der Waals surface area (Å²) in [6, 6.07) is 20.3. The van der Waals surface area contributed by atoms with E-state index in [0.717, 1.165) is 19.2 Å². The standard InChI is InChI=1S/C24H22BrIN2O4/c1-2-31-21-13-17(14-27-28-24(30)22(29)18-6-4-3-5-7-18)12-20(26)23(21)32-15-16-8-10-19(25)11-9-16/h3-14,22,29H,2,15H2,1H3,(H,28,30)/b27-14-/t22-/m0/s1. The van der Waals surface area contributed by atoms with Crippen LogP contribution in [-0.4, -0.2) is 23.8 Å². The van der Waals surface area contributed by atoms with E-state index in [1.165, 1.54) is 6.21 Å². The summed E-state index contributed by atoms with van der Waals surface area (Å²) in [7, 11) is 0. The second kappa shape index (κ2) is 12.0. The van der Waals surface area contributed by atoms with Crippen molar-refractivity contribution in [2.24, 2.45) is 5.10 Å². The van der Waals surface area contributed by atoms with Crippen LogP contribution >= 0.6 is 38.5 Å². The van der Waals surface area contributed by atoms with Crippen molar-refractivity contribution in [3.05, 3.63) is 91.5 Å². The molecule has 0 aliphatic carbocycles. The number of carbonyl (C=O) groups is 1. The van der Waals surface area contributed by atoms with Crippen LogP contribution in [0.25, 0.3) is 0 Å². The van der Waals surface area contributed by atoms with Crippen molar-refractivity contribution >= 4 is 50.6 Å². The molecule has 8 heteroatoms. The van der Waals surface area contributed by atoms with Crippen LogP contribution in [0.5, 0.6) is 11.5 Å². The Labute approximate surface area is 208 Å². The van der Waals surface area contributed by atoms with Crippen molar-refractivity contribution in [1.82, 2.24) is 5.43 Å². The smallest absolute Gasteiger partial charge is 0.273 e. The zero-order valence-electron chi connectivity index (χ0n) is 17.3. The molecule has 0 bridgehead atoms. The van der Waals surface area contributed by atoms with Gasteiger partial charge in [0.25, 0.3) is 5.91 Å². The Bertz CT molecular complexity index is 1080. The Kier molecular flexibility index (Phi) is 9.07. The van der Waals surface area contributed by atoms with Gasteiger partial charge in [0.15, 0.2) is 17.6 Å². The maximum Gasteiger partial charge on any atom is 0.273 e. The molecule has 3 aromatic rings. The van der Waals surface area contributed by atoms with Crippen molar-refractivity contribution in [3.8, 4) is 11.5 Å². The summed E-state index contributed by atoms with van der Waals surface area (Å²) in [5.74, 6) is 0.631. The van der Waals surface area contributed by atoms with Crippen LogP contribution in [0.3, 0.4) is 0 Å². The zero-order valence-corrected chi connectivity index (χ0v) is 21.0. The Morgan fingerprint density at radius 3 is 2.56 bits per heavy atom. The highest BCUT2D eigenvalue weighted by molar-refractivity contribution is 14.1. The van der Waals surface area contributed by atoms with E-state index in [-0.39, 0.29) is 0 Å².